The maximum absolute atomic E-state index is 13.4. The molecule has 1 aliphatic heterocycles. The van der Waals surface area contributed by atoms with Crippen LogP contribution < -0.4 is 21.8 Å². The molecule has 0 saturated carbocycles. The first-order valence-electron chi connectivity index (χ1n) is 10.6. The van der Waals surface area contributed by atoms with E-state index in [1.165, 1.54) is 9.36 Å². The topological polar surface area (TPSA) is 148 Å². The highest BCUT2D eigenvalue weighted by molar-refractivity contribution is 5.76. The van der Waals surface area contributed by atoms with Crippen LogP contribution in [0.5, 0.6) is 0 Å². The zero-order valence-electron chi connectivity index (χ0n) is 17.4. The van der Waals surface area contributed by atoms with Crippen molar-refractivity contribution in [2.45, 2.75) is 32.0 Å². The van der Waals surface area contributed by atoms with Gasteiger partial charge < -0.3 is 20.7 Å². The van der Waals surface area contributed by atoms with Gasteiger partial charge in [-0.15, -0.1) is 0 Å². The van der Waals surface area contributed by atoms with Crippen LogP contribution in [0.15, 0.2) is 40.2 Å². The number of nitrogens with zero attached hydrogens (tertiary/aromatic N) is 6. The predicted octanol–water partition coefficient (Wildman–Crippen LogP) is -0.202. The highest BCUT2D eigenvalue weighted by atomic mass is 16.3. The van der Waals surface area contributed by atoms with Gasteiger partial charge in [0.1, 0.15) is 5.52 Å². The van der Waals surface area contributed by atoms with E-state index in [2.05, 4.69) is 19.9 Å². The van der Waals surface area contributed by atoms with E-state index in [9.17, 15) is 14.7 Å². The lowest BCUT2D eigenvalue weighted by atomic mass is 10.1. The molecule has 0 amide bonds. The van der Waals surface area contributed by atoms with Crippen LogP contribution in [0.1, 0.15) is 18.4 Å². The van der Waals surface area contributed by atoms with Crippen LogP contribution in [0.2, 0.25) is 0 Å². The number of anilines is 1. The molecule has 4 N–H and O–H groups in total. The Bertz CT molecular complexity index is 1410. The quantitative estimate of drug-likeness (QED) is 0.389. The molecular weight excluding hydrogens is 412 g/mol. The zero-order chi connectivity index (χ0) is 22.2. The smallest absolute Gasteiger partial charge is 0.293 e. The minimum Gasteiger partial charge on any atom is -0.394 e. The number of aliphatic hydroxyl groups is 1. The molecule has 3 aromatic heterocycles. The molecule has 1 fully saturated rings. The molecule has 0 radical (unpaired) electrons. The minimum absolute atomic E-state index is 0.0197. The predicted molar refractivity (Wildman–Crippen MR) is 120 cm³/mol. The molecule has 1 aliphatic rings. The van der Waals surface area contributed by atoms with Crippen LogP contribution in [0.25, 0.3) is 22.1 Å². The SMILES string of the molecule is NC1CCCN(c2nc3c(=O)n(CCO)n(Cc4ccc5nccnc5c4)c(=O)c3[nH]2)C1. The summed E-state index contributed by atoms with van der Waals surface area (Å²) in [5.41, 5.74) is 7.70. The third-order valence-electron chi connectivity index (χ3n) is 5.80. The number of H-pyrrole nitrogens is 1. The summed E-state index contributed by atoms with van der Waals surface area (Å²) in [5.74, 6) is 0.471. The molecule has 11 heteroatoms. The minimum atomic E-state index is -0.432. The van der Waals surface area contributed by atoms with Gasteiger partial charge in [0.2, 0.25) is 5.95 Å². The van der Waals surface area contributed by atoms with E-state index in [4.69, 9.17) is 5.73 Å². The summed E-state index contributed by atoms with van der Waals surface area (Å²) in [4.78, 5) is 44.6. The lowest BCUT2D eigenvalue weighted by molar-refractivity contribution is 0.252. The maximum Gasteiger partial charge on any atom is 0.293 e. The number of aromatic nitrogens is 6. The fraction of sp³-hybridized carbons (Fsp3) is 0.381. The Morgan fingerprint density at radius 3 is 2.72 bits per heavy atom. The second-order valence-corrected chi connectivity index (χ2v) is 8.03. The van der Waals surface area contributed by atoms with Gasteiger partial charge in [-0.2, -0.15) is 0 Å². The Labute approximate surface area is 182 Å². The Morgan fingerprint density at radius 2 is 1.94 bits per heavy atom. The van der Waals surface area contributed by atoms with Crippen molar-refractivity contribution in [2.75, 3.05) is 24.6 Å². The van der Waals surface area contributed by atoms with Crippen LogP contribution >= 0.6 is 0 Å². The van der Waals surface area contributed by atoms with Crippen molar-refractivity contribution < 1.29 is 5.11 Å². The largest absolute Gasteiger partial charge is 0.394 e. The molecule has 4 heterocycles. The first kappa shape index (κ1) is 20.3. The van der Waals surface area contributed by atoms with E-state index in [1.54, 1.807) is 12.4 Å². The lowest BCUT2D eigenvalue weighted by Crippen LogP contribution is -2.43. The van der Waals surface area contributed by atoms with Crippen molar-refractivity contribution in [3.05, 3.63) is 56.9 Å². The van der Waals surface area contributed by atoms with Crippen LogP contribution in [-0.2, 0) is 13.1 Å². The number of hydrogen-bond donors (Lipinski definition) is 3. The Kier molecular flexibility index (Phi) is 5.19. The summed E-state index contributed by atoms with van der Waals surface area (Å²) in [6, 6.07) is 5.52. The number of nitrogens with two attached hydrogens (primary N) is 1. The lowest BCUT2D eigenvalue weighted by Gasteiger charge is -2.30. The summed E-state index contributed by atoms with van der Waals surface area (Å²) in [6.45, 7) is 1.20. The van der Waals surface area contributed by atoms with Gasteiger partial charge in [0, 0.05) is 31.5 Å². The number of piperidine rings is 1. The van der Waals surface area contributed by atoms with E-state index >= 15 is 0 Å². The van der Waals surface area contributed by atoms with Gasteiger partial charge in [-0.25, -0.2) is 14.3 Å². The number of aromatic amines is 1. The molecule has 166 valence electrons. The number of fused-ring (bicyclic) bond motifs is 2. The van der Waals surface area contributed by atoms with Crippen LogP contribution in [0.3, 0.4) is 0 Å². The molecule has 1 atom stereocenters. The second-order valence-electron chi connectivity index (χ2n) is 8.03. The van der Waals surface area contributed by atoms with Crippen LogP contribution in [-0.4, -0.2) is 60.1 Å². The van der Waals surface area contributed by atoms with Gasteiger partial charge in [0.15, 0.2) is 5.52 Å². The van der Waals surface area contributed by atoms with E-state index in [1.807, 2.05) is 23.1 Å². The van der Waals surface area contributed by atoms with Gasteiger partial charge in [0.05, 0.1) is 30.7 Å². The van der Waals surface area contributed by atoms with Crippen LogP contribution in [0, 0.1) is 0 Å². The third-order valence-corrected chi connectivity index (χ3v) is 5.80. The van der Waals surface area contributed by atoms with E-state index < -0.39 is 5.56 Å². The van der Waals surface area contributed by atoms with Gasteiger partial charge in [-0.05, 0) is 30.5 Å². The fourth-order valence-electron chi connectivity index (χ4n) is 4.25. The summed E-state index contributed by atoms with van der Waals surface area (Å²) in [5, 5.41) is 9.53. The Morgan fingerprint density at radius 1 is 1.12 bits per heavy atom. The first-order chi connectivity index (χ1) is 15.5. The molecule has 5 rings (SSSR count). The Balaban J connectivity index is 1.62. The number of benzene rings is 1. The van der Waals surface area contributed by atoms with Crippen LogP contribution in [0.4, 0.5) is 5.95 Å². The maximum atomic E-state index is 13.4. The fourth-order valence-corrected chi connectivity index (χ4v) is 4.25. The molecule has 32 heavy (non-hydrogen) atoms. The summed E-state index contributed by atoms with van der Waals surface area (Å²) >= 11 is 0. The average molecular weight is 436 g/mol. The molecule has 0 spiro atoms. The van der Waals surface area contributed by atoms with Crippen molar-refractivity contribution in [1.29, 1.82) is 0 Å². The summed E-state index contributed by atoms with van der Waals surface area (Å²) < 4.78 is 2.58. The number of imidazole rings is 1. The molecule has 1 saturated heterocycles. The monoisotopic (exact) mass is 436 g/mol. The zero-order valence-corrected chi connectivity index (χ0v) is 17.4. The molecule has 1 aromatic carbocycles. The summed E-state index contributed by atoms with van der Waals surface area (Å²) in [7, 11) is 0. The van der Waals surface area contributed by atoms with Gasteiger partial charge in [-0.1, -0.05) is 6.07 Å². The first-order valence-corrected chi connectivity index (χ1v) is 10.6. The number of hydrogen-bond acceptors (Lipinski definition) is 8. The number of aliphatic hydroxyl groups excluding tert-OH is 1. The molecule has 11 nitrogen and oxygen atoms in total. The molecule has 4 aromatic rings. The van der Waals surface area contributed by atoms with Gasteiger partial charge in [-0.3, -0.25) is 19.6 Å². The van der Waals surface area contributed by atoms with E-state index in [0.717, 1.165) is 30.5 Å². The van der Waals surface area contributed by atoms with Crippen molar-refractivity contribution >= 4 is 28.0 Å². The molecule has 0 aliphatic carbocycles. The highest BCUT2D eigenvalue weighted by Gasteiger charge is 2.23. The van der Waals surface area contributed by atoms with Gasteiger partial charge >= 0.3 is 0 Å². The highest BCUT2D eigenvalue weighted by Crippen LogP contribution is 2.18. The second kappa shape index (κ2) is 8.17. The van der Waals surface area contributed by atoms with E-state index in [-0.39, 0.29) is 42.3 Å². The van der Waals surface area contributed by atoms with Crippen molar-refractivity contribution in [3.8, 4) is 0 Å². The van der Waals surface area contributed by atoms with Crippen molar-refractivity contribution in [1.82, 2.24) is 29.3 Å². The molecule has 0 bridgehead atoms. The van der Waals surface area contributed by atoms with Crippen molar-refractivity contribution in [2.24, 2.45) is 5.73 Å². The standard InChI is InChI=1S/C21H24N8O3/c22-14-2-1-7-27(12-14)21-25-17-18(26-21)20(32)29(28(8-9-30)19(17)31)11-13-3-4-15-16(10-13)24-6-5-23-15/h3-6,10,14,30H,1-2,7-9,11-12,22H2,(H,25,26). The number of nitrogens with one attached hydrogen (secondary N) is 1. The normalized spacial score (nSPS) is 16.8. The summed E-state index contributed by atoms with van der Waals surface area (Å²) in [6.07, 6.45) is 5.07. The van der Waals surface area contributed by atoms with Gasteiger partial charge in [0.25, 0.3) is 11.1 Å². The average Bonchev–Trinajstić information content (AvgIpc) is 3.26. The van der Waals surface area contributed by atoms with E-state index in [0.29, 0.717) is 18.0 Å². The van der Waals surface area contributed by atoms with Crippen molar-refractivity contribution in [3.63, 3.8) is 0 Å². The Hall–Kier alpha value is -3.57. The number of rotatable bonds is 5. The third kappa shape index (κ3) is 3.55. The molecule has 1 unspecified atom stereocenters. The molecular formula is C21H24N8O3.